The van der Waals surface area contributed by atoms with E-state index in [1.54, 1.807) is 6.07 Å². The van der Waals surface area contributed by atoms with Crippen molar-refractivity contribution in [1.29, 1.82) is 0 Å². The second kappa shape index (κ2) is 9.61. The van der Waals surface area contributed by atoms with Crippen molar-refractivity contribution in [1.82, 2.24) is 10.3 Å². The van der Waals surface area contributed by atoms with Gasteiger partial charge in [0, 0.05) is 17.4 Å². The number of benzene rings is 2. The first-order chi connectivity index (χ1) is 16.6. The van der Waals surface area contributed by atoms with Gasteiger partial charge in [-0.15, -0.1) is 0 Å². The van der Waals surface area contributed by atoms with Gasteiger partial charge in [0.05, 0.1) is 10.5 Å². The molecule has 0 spiro atoms. The maximum Gasteiger partial charge on any atom is 0.408 e. The topological polar surface area (TPSA) is 118 Å². The minimum Gasteiger partial charge on any atom is -0.444 e. The van der Waals surface area contributed by atoms with Crippen molar-refractivity contribution >= 4 is 34.8 Å². The molecule has 1 saturated carbocycles. The quantitative estimate of drug-likeness (QED) is 0.268. The number of para-hydroxylation sites is 1. The molecule has 1 heterocycles. The van der Waals surface area contributed by atoms with Gasteiger partial charge in [0.2, 0.25) is 5.82 Å². The first-order valence-electron chi connectivity index (χ1n) is 11.5. The van der Waals surface area contributed by atoms with Crippen LogP contribution in [0.3, 0.4) is 0 Å². The summed E-state index contributed by atoms with van der Waals surface area (Å²) in [6.07, 6.45) is 2.20. The van der Waals surface area contributed by atoms with E-state index < -0.39 is 22.2 Å². The van der Waals surface area contributed by atoms with Crippen molar-refractivity contribution in [2.75, 3.05) is 10.6 Å². The zero-order valence-electron chi connectivity index (χ0n) is 20.0. The van der Waals surface area contributed by atoms with Gasteiger partial charge in [-0.1, -0.05) is 30.3 Å². The van der Waals surface area contributed by atoms with E-state index in [4.69, 9.17) is 4.74 Å². The number of hydrogen-bond donors (Lipinski definition) is 3. The molecule has 4 rings (SSSR count). The van der Waals surface area contributed by atoms with Gasteiger partial charge >= 0.3 is 11.8 Å². The van der Waals surface area contributed by atoms with Crippen LogP contribution in [0.4, 0.5) is 33.5 Å². The molecular formula is C26H29N5O4. The summed E-state index contributed by atoms with van der Waals surface area (Å²) in [7, 11) is 0. The van der Waals surface area contributed by atoms with Gasteiger partial charge in [0.15, 0.2) is 0 Å². The van der Waals surface area contributed by atoms with Crippen LogP contribution in [0, 0.1) is 10.1 Å². The Labute approximate surface area is 204 Å². The van der Waals surface area contributed by atoms with Crippen LogP contribution in [0.15, 0.2) is 66.7 Å². The standard InChI is InChI=1S/C26H29N5O4/c1-25(2,3)35-24(32)30-26(16-7-17-26)18-10-12-20(13-11-18)28-23-21(31(33)34)14-15-22(29-23)27-19-8-5-4-6-9-19/h4-6,8-15H,7,16-17H2,1-3H3,(H,30,32)(H2,27,28,29). The number of anilines is 4. The maximum absolute atomic E-state index is 12.4. The Morgan fingerprint density at radius 3 is 2.20 bits per heavy atom. The number of aromatic nitrogens is 1. The van der Waals surface area contributed by atoms with Crippen molar-refractivity contribution < 1.29 is 14.5 Å². The van der Waals surface area contributed by atoms with Crippen LogP contribution in [-0.4, -0.2) is 21.6 Å². The predicted molar refractivity (Wildman–Crippen MR) is 135 cm³/mol. The smallest absolute Gasteiger partial charge is 0.408 e. The number of amides is 1. The lowest BCUT2D eigenvalue weighted by Crippen LogP contribution is -2.52. The van der Waals surface area contributed by atoms with E-state index in [0.29, 0.717) is 11.5 Å². The Morgan fingerprint density at radius 1 is 0.971 bits per heavy atom. The van der Waals surface area contributed by atoms with Crippen LogP contribution in [0.1, 0.15) is 45.6 Å². The molecule has 1 amide bonds. The predicted octanol–water partition coefficient (Wildman–Crippen LogP) is 6.38. The van der Waals surface area contributed by atoms with Crippen LogP contribution >= 0.6 is 0 Å². The summed E-state index contributed by atoms with van der Waals surface area (Å²) in [5.41, 5.74) is 1.26. The number of rotatable bonds is 7. The molecule has 0 atom stereocenters. The van der Waals surface area contributed by atoms with Crippen molar-refractivity contribution in [2.24, 2.45) is 0 Å². The van der Waals surface area contributed by atoms with Gasteiger partial charge < -0.3 is 20.7 Å². The largest absolute Gasteiger partial charge is 0.444 e. The number of pyridine rings is 1. The van der Waals surface area contributed by atoms with E-state index in [-0.39, 0.29) is 11.5 Å². The van der Waals surface area contributed by atoms with E-state index in [0.717, 1.165) is 30.5 Å². The Hall–Kier alpha value is -4.14. The zero-order valence-corrected chi connectivity index (χ0v) is 20.0. The van der Waals surface area contributed by atoms with E-state index in [1.165, 1.54) is 6.07 Å². The molecule has 35 heavy (non-hydrogen) atoms. The molecule has 1 aliphatic rings. The molecule has 0 radical (unpaired) electrons. The molecule has 3 N–H and O–H groups in total. The highest BCUT2D eigenvalue weighted by Crippen LogP contribution is 2.42. The number of nitrogens with one attached hydrogen (secondary N) is 3. The molecule has 0 bridgehead atoms. The van der Waals surface area contributed by atoms with E-state index in [1.807, 2.05) is 75.4 Å². The lowest BCUT2D eigenvalue weighted by molar-refractivity contribution is -0.384. The fourth-order valence-corrected chi connectivity index (χ4v) is 3.95. The number of ether oxygens (including phenoxy) is 1. The van der Waals surface area contributed by atoms with Gasteiger partial charge in [-0.05, 0) is 75.9 Å². The summed E-state index contributed by atoms with van der Waals surface area (Å²) in [4.78, 5) is 27.9. The Morgan fingerprint density at radius 2 is 1.63 bits per heavy atom. The molecule has 9 nitrogen and oxygen atoms in total. The van der Waals surface area contributed by atoms with Gasteiger partial charge in [0.1, 0.15) is 11.4 Å². The fraction of sp³-hybridized carbons (Fsp3) is 0.308. The van der Waals surface area contributed by atoms with Crippen molar-refractivity contribution in [2.45, 2.75) is 51.2 Å². The molecule has 3 aromatic rings. The minimum absolute atomic E-state index is 0.130. The third-order valence-corrected chi connectivity index (χ3v) is 5.76. The average molecular weight is 476 g/mol. The monoisotopic (exact) mass is 475 g/mol. The summed E-state index contributed by atoms with van der Waals surface area (Å²) in [6.45, 7) is 5.49. The molecule has 0 aliphatic heterocycles. The lowest BCUT2D eigenvalue weighted by atomic mass is 9.72. The third kappa shape index (κ3) is 5.87. The van der Waals surface area contributed by atoms with Crippen LogP contribution < -0.4 is 16.0 Å². The number of alkyl carbamates (subject to hydrolysis) is 1. The van der Waals surface area contributed by atoms with Gasteiger partial charge in [0.25, 0.3) is 0 Å². The minimum atomic E-state index is -0.575. The fourth-order valence-electron chi connectivity index (χ4n) is 3.95. The molecular weight excluding hydrogens is 446 g/mol. The summed E-state index contributed by atoms with van der Waals surface area (Å²) < 4.78 is 5.44. The molecule has 1 aromatic heterocycles. The number of nitrogens with zero attached hydrogens (tertiary/aromatic N) is 2. The SMILES string of the molecule is CC(C)(C)OC(=O)NC1(c2ccc(Nc3nc(Nc4ccccc4)ccc3[N+](=O)[O-])cc2)CCC1. The van der Waals surface area contributed by atoms with E-state index in [2.05, 4.69) is 20.9 Å². The number of nitro groups is 1. The van der Waals surface area contributed by atoms with Gasteiger partial charge in [-0.25, -0.2) is 9.78 Å². The molecule has 1 fully saturated rings. The van der Waals surface area contributed by atoms with Crippen LogP contribution in [0.25, 0.3) is 0 Å². The average Bonchev–Trinajstić information content (AvgIpc) is 2.76. The van der Waals surface area contributed by atoms with Crippen molar-refractivity contribution in [3.8, 4) is 0 Å². The summed E-state index contributed by atoms with van der Waals surface area (Å²) in [5.74, 6) is 0.616. The molecule has 9 heteroatoms. The van der Waals surface area contributed by atoms with Crippen LogP contribution in [-0.2, 0) is 10.3 Å². The normalized spacial score (nSPS) is 14.4. The molecule has 182 valence electrons. The van der Waals surface area contributed by atoms with Gasteiger partial charge in [-0.2, -0.15) is 0 Å². The number of carbonyl (C=O) groups is 1. The molecule has 2 aromatic carbocycles. The molecule has 0 unspecified atom stereocenters. The lowest BCUT2D eigenvalue weighted by Gasteiger charge is -2.43. The molecule has 1 aliphatic carbocycles. The summed E-state index contributed by atoms with van der Waals surface area (Å²) >= 11 is 0. The maximum atomic E-state index is 12.4. The Kier molecular flexibility index (Phi) is 6.59. The van der Waals surface area contributed by atoms with Crippen LogP contribution in [0.5, 0.6) is 0 Å². The van der Waals surface area contributed by atoms with Crippen molar-refractivity contribution in [3.05, 3.63) is 82.4 Å². The zero-order chi connectivity index (χ0) is 25.1. The highest BCUT2D eigenvalue weighted by molar-refractivity contribution is 5.71. The Bertz CT molecular complexity index is 1200. The van der Waals surface area contributed by atoms with E-state index in [9.17, 15) is 14.9 Å². The van der Waals surface area contributed by atoms with Crippen LogP contribution in [0.2, 0.25) is 0 Å². The first kappa shape index (κ1) is 24.0. The highest BCUT2D eigenvalue weighted by Gasteiger charge is 2.41. The first-order valence-corrected chi connectivity index (χ1v) is 11.5. The highest BCUT2D eigenvalue weighted by atomic mass is 16.6. The third-order valence-electron chi connectivity index (χ3n) is 5.76. The van der Waals surface area contributed by atoms with Gasteiger partial charge in [-0.3, -0.25) is 10.1 Å². The molecule has 0 saturated heterocycles. The second-order valence-electron chi connectivity index (χ2n) is 9.58. The number of carbonyl (C=O) groups excluding carboxylic acids is 1. The van der Waals surface area contributed by atoms with Crippen molar-refractivity contribution in [3.63, 3.8) is 0 Å². The summed E-state index contributed by atoms with van der Waals surface area (Å²) in [5, 5.41) is 20.8. The number of hydrogen-bond acceptors (Lipinski definition) is 7. The summed E-state index contributed by atoms with van der Waals surface area (Å²) in [6, 6.07) is 19.9. The van der Waals surface area contributed by atoms with E-state index >= 15 is 0 Å². The Balaban J connectivity index is 1.52. The second-order valence-corrected chi connectivity index (χ2v) is 9.58.